The van der Waals surface area contributed by atoms with Crippen LogP contribution in [-0.2, 0) is 6.54 Å². The van der Waals surface area contributed by atoms with Gasteiger partial charge in [-0.25, -0.2) is 0 Å². The second-order valence-electron chi connectivity index (χ2n) is 4.08. The third kappa shape index (κ3) is 3.83. The van der Waals surface area contributed by atoms with Gasteiger partial charge in [-0.3, -0.25) is 10.3 Å². The molecule has 0 spiro atoms. The molecule has 0 heterocycles. The monoisotopic (exact) mass is 239 g/mol. The summed E-state index contributed by atoms with van der Waals surface area (Å²) in [6.45, 7) is 2.83. The van der Waals surface area contributed by atoms with E-state index in [0.29, 0.717) is 6.42 Å². The van der Waals surface area contributed by atoms with Crippen molar-refractivity contribution in [1.29, 1.82) is 5.41 Å². The smallest absolute Gasteiger partial charge is 0.0920 e. The van der Waals surface area contributed by atoms with Gasteiger partial charge in [-0.15, -0.1) is 0 Å². The van der Waals surface area contributed by atoms with Crippen LogP contribution in [0.4, 0.5) is 0 Å². The summed E-state index contributed by atoms with van der Waals surface area (Å²) < 4.78 is 0. The summed E-state index contributed by atoms with van der Waals surface area (Å²) in [5.41, 5.74) is 6.48. The van der Waals surface area contributed by atoms with Crippen LogP contribution in [0.1, 0.15) is 18.9 Å². The highest BCUT2D eigenvalue weighted by molar-refractivity contribution is 6.31. The average Bonchev–Trinajstić information content (AvgIpc) is 2.20. The minimum atomic E-state index is 0.221. The van der Waals surface area contributed by atoms with Gasteiger partial charge in [0, 0.05) is 24.0 Å². The molecule has 0 fully saturated rings. The van der Waals surface area contributed by atoms with E-state index in [0.717, 1.165) is 17.1 Å². The minimum Gasteiger partial charge on any atom is -0.388 e. The number of nitrogens with two attached hydrogens (primary N) is 1. The number of hydrogen-bond donors (Lipinski definition) is 2. The van der Waals surface area contributed by atoms with Gasteiger partial charge in [-0.2, -0.15) is 0 Å². The van der Waals surface area contributed by atoms with Gasteiger partial charge in [0.2, 0.25) is 0 Å². The molecule has 0 aliphatic rings. The molecule has 16 heavy (non-hydrogen) atoms. The van der Waals surface area contributed by atoms with E-state index in [1.807, 2.05) is 31.3 Å². The standard InChI is InChI=1S/C12H18ClN3/c1-9(7-12(14)15)16(2)8-10-5-3-4-6-11(10)13/h3-6,9H,7-8H2,1-2H3,(H3,14,15). The molecule has 1 aromatic carbocycles. The Morgan fingerprint density at radius 3 is 2.69 bits per heavy atom. The number of halogens is 1. The number of amidine groups is 1. The highest BCUT2D eigenvalue weighted by Gasteiger charge is 2.11. The molecule has 1 atom stereocenters. The van der Waals surface area contributed by atoms with E-state index in [4.69, 9.17) is 22.7 Å². The van der Waals surface area contributed by atoms with E-state index in [1.54, 1.807) is 0 Å². The first-order valence-corrected chi connectivity index (χ1v) is 5.65. The lowest BCUT2D eigenvalue weighted by molar-refractivity contribution is 0.254. The molecule has 0 bridgehead atoms. The first kappa shape index (κ1) is 13.0. The van der Waals surface area contributed by atoms with Crippen LogP contribution < -0.4 is 5.73 Å². The maximum absolute atomic E-state index is 7.27. The predicted molar refractivity (Wildman–Crippen MR) is 68.9 cm³/mol. The van der Waals surface area contributed by atoms with Crippen LogP contribution in [0.25, 0.3) is 0 Å². The normalized spacial score (nSPS) is 12.8. The summed E-state index contributed by atoms with van der Waals surface area (Å²) in [6.07, 6.45) is 0.584. The van der Waals surface area contributed by atoms with Gasteiger partial charge in [0.1, 0.15) is 0 Å². The lowest BCUT2D eigenvalue weighted by atomic mass is 10.1. The van der Waals surface area contributed by atoms with Crippen molar-refractivity contribution in [1.82, 2.24) is 4.90 Å². The fraction of sp³-hybridized carbons (Fsp3) is 0.417. The first-order valence-electron chi connectivity index (χ1n) is 5.27. The maximum atomic E-state index is 7.27. The Balaban J connectivity index is 2.60. The fourth-order valence-corrected chi connectivity index (χ4v) is 1.72. The van der Waals surface area contributed by atoms with E-state index < -0.39 is 0 Å². The number of rotatable bonds is 5. The molecule has 3 nitrogen and oxygen atoms in total. The Hall–Kier alpha value is -1.06. The molecular formula is C12H18ClN3. The van der Waals surface area contributed by atoms with E-state index in [1.165, 1.54) is 0 Å². The molecule has 0 aliphatic heterocycles. The Bertz CT molecular complexity index is 365. The topological polar surface area (TPSA) is 53.1 Å². The molecular weight excluding hydrogens is 222 g/mol. The number of nitrogens with zero attached hydrogens (tertiary/aromatic N) is 1. The van der Waals surface area contributed by atoms with Crippen molar-refractivity contribution in [3.8, 4) is 0 Å². The molecule has 88 valence electrons. The molecule has 0 aliphatic carbocycles. The highest BCUT2D eigenvalue weighted by atomic mass is 35.5. The van der Waals surface area contributed by atoms with Crippen LogP contribution in [0.2, 0.25) is 5.02 Å². The minimum absolute atomic E-state index is 0.221. The third-order valence-corrected chi connectivity index (χ3v) is 3.01. The Morgan fingerprint density at radius 1 is 1.50 bits per heavy atom. The summed E-state index contributed by atoms with van der Waals surface area (Å²) in [6, 6.07) is 8.05. The van der Waals surface area contributed by atoms with Crippen LogP contribution in [0.3, 0.4) is 0 Å². The van der Waals surface area contributed by atoms with Gasteiger partial charge >= 0.3 is 0 Å². The number of benzene rings is 1. The maximum Gasteiger partial charge on any atom is 0.0920 e. The summed E-state index contributed by atoms with van der Waals surface area (Å²) >= 11 is 6.09. The summed E-state index contributed by atoms with van der Waals surface area (Å²) in [7, 11) is 2.01. The number of nitrogens with one attached hydrogen (secondary N) is 1. The van der Waals surface area contributed by atoms with Crippen molar-refractivity contribution in [2.45, 2.75) is 25.9 Å². The zero-order valence-electron chi connectivity index (χ0n) is 9.70. The van der Waals surface area contributed by atoms with Crippen molar-refractivity contribution in [3.05, 3.63) is 34.9 Å². The second kappa shape index (κ2) is 5.87. The summed E-state index contributed by atoms with van der Waals surface area (Å²) in [5, 5.41) is 8.05. The average molecular weight is 240 g/mol. The van der Waals surface area contributed by atoms with E-state index in [9.17, 15) is 0 Å². The van der Waals surface area contributed by atoms with Gasteiger partial charge in [0.15, 0.2) is 0 Å². The molecule has 0 amide bonds. The van der Waals surface area contributed by atoms with E-state index in [-0.39, 0.29) is 11.9 Å². The van der Waals surface area contributed by atoms with Gasteiger partial charge < -0.3 is 5.73 Å². The summed E-state index contributed by atoms with van der Waals surface area (Å²) in [4.78, 5) is 2.14. The van der Waals surface area contributed by atoms with Crippen molar-refractivity contribution < 1.29 is 0 Å². The van der Waals surface area contributed by atoms with E-state index in [2.05, 4.69) is 11.8 Å². The SMILES string of the molecule is CC(CC(=N)N)N(C)Cc1ccccc1Cl. The molecule has 1 unspecified atom stereocenters. The molecule has 1 aromatic rings. The molecule has 4 heteroatoms. The largest absolute Gasteiger partial charge is 0.388 e. The molecule has 0 saturated carbocycles. The zero-order valence-corrected chi connectivity index (χ0v) is 10.5. The Kier molecular flexibility index (Phi) is 4.77. The molecule has 3 N–H and O–H groups in total. The van der Waals surface area contributed by atoms with Crippen LogP contribution in [0.5, 0.6) is 0 Å². The van der Waals surface area contributed by atoms with Crippen LogP contribution >= 0.6 is 11.6 Å². The van der Waals surface area contributed by atoms with Crippen LogP contribution in [0, 0.1) is 5.41 Å². The third-order valence-electron chi connectivity index (χ3n) is 2.65. The van der Waals surface area contributed by atoms with Gasteiger partial charge in [-0.05, 0) is 25.6 Å². The van der Waals surface area contributed by atoms with Crippen LogP contribution in [-0.4, -0.2) is 23.8 Å². The first-order chi connectivity index (χ1) is 7.50. The molecule has 0 saturated heterocycles. The van der Waals surface area contributed by atoms with Gasteiger partial charge in [-0.1, -0.05) is 29.8 Å². The fourth-order valence-electron chi connectivity index (χ4n) is 1.53. The predicted octanol–water partition coefficient (Wildman–Crippen LogP) is 2.49. The Morgan fingerprint density at radius 2 is 2.12 bits per heavy atom. The number of hydrogen-bond acceptors (Lipinski definition) is 2. The van der Waals surface area contributed by atoms with Crippen molar-refractivity contribution in [2.24, 2.45) is 5.73 Å². The molecule has 0 radical (unpaired) electrons. The zero-order chi connectivity index (χ0) is 12.1. The van der Waals surface area contributed by atoms with Crippen LogP contribution in [0.15, 0.2) is 24.3 Å². The second-order valence-corrected chi connectivity index (χ2v) is 4.49. The van der Waals surface area contributed by atoms with Gasteiger partial charge in [0.25, 0.3) is 0 Å². The summed E-state index contributed by atoms with van der Waals surface area (Å²) in [5.74, 6) is 0.221. The van der Waals surface area contributed by atoms with Gasteiger partial charge in [0.05, 0.1) is 5.84 Å². The van der Waals surface area contributed by atoms with E-state index >= 15 is 0 Å². The lowest BCUT2D eigenvalue weighted by Gasteiger charge is -2.24. The molecule has 1 rings (SSSR count). The van der Waals surface area contributed by atoms with Crippen molar-refractivity contribution in [2.75, 3.05) is 7.05 Å². The van der Waals surface area contributed by atoms with Crippen molar-refractivity contribution in [3.63, 3.8) is 0 Å². The lowest BCUT2D eigenvalue weighted by Crippen LogP contribution is -2.32. The quantitative estimate of drug-likeness (QED) is 0.613. The highest BCUT2D eigenvalue weighted by Crippen LogP contribution is 2.17. The molecule has 0 aromatic heterocycles. The van der Waals surface area contributed by atoms with Crippen molar-refractivity contribution >= 4 is 17.4 Å². The Labute approximate surface area is 102 Å².